The standard InChI is InChI=1S/C35H66NO8P/c1-6-8-10-12-14-16-17-18-19-20-22-24-26-28-35(38)44-33(32-43-45(39,40)42-30-29-36(3,4)5)31-41-34(37)27-25-23-21-15-13-11-9-7-2/h18-19,22,24,33H,6-17,20-21,23,25-32H2,1-5H3/b19-18+,24-22+. The maximum atomic E-state index is 12.5. The zero-order valence-electron chi connectivity index (χ0n) is 29.3. The van der Waals surface area contributed by atoms with Crippen molar-refractivity contribution in [3.63, 3.8) is 0 Å². The summed E-state index contributed by atoms with van der Waals surface area (Å²) in [4.78, 5) is 37.0. The van der Waals surface area contributed by atoms with Gasteiger partial charge in [-0.05, 0) is 32.1 Å². The molecule has 0 rings (SSSR count). The second-order valence-electron chi connectivity index (χ2n) is 12.9. The number of hydrogen-bond donors (Lipinski definition) is 0. The van der Waals surface area contributed by atoms with Gasteiger partial charge in [0.2, 0.25) is 0 Å². The number of phosphoric acid groups is 1. The second kappa shape index (κ2) is 28.7. The summed E-state index contributed by atoms with van der Waals surface area (Å²) in [5.74, 6) is -0.920. The Bertz CT molecular complexity index is 840. The highest BCUT2D eigenvalue weighted by atomic mass is 31.2. The molecule has 0 spiro atoms. The van der Waals surface area contributed by atoms with Crippen LogP contribution in [-0.2, 0) is 32.7 Å². The monoisotopic (exact) mass is 659 g/mol. The highest BCUT2D eigenvalue weighted by Gasteiger charge is 2.21. The van der Waals surface area contributed by atoms with E-state index in [1.165, 1.54) is 70.6 Å². The minimum Gasteiger partial charge on any atom is -0.756 e. The van der Waals surface area contributed by atoms with Gasteiger partial charge in [0.25, 0.3) is 7.82 Å². The Balaban J connectivity index is 4.58. The SMILES string of the molecule is CCCCCCCC/C=C/C/C=C/CCC(=O)OC(COC(=O)CCCCCCCCCC)COP(=O)([O-])OCC[N+](C)(C)C. The van der Waals surface area contributed by atoms with Gasteiger partial charge in [-0.3, -0.25) is 14.2 Å². The first-order valence-electron chi connectivity index (χ1n) is 17.5. The first-order valence-corrected chi connectivity index (χ1v) is 19.0. The van der Waals surface area contributed by atoms with Crippen LogP contribution in [0.4, 0.5) is 0 Å². The third-order valence-electron chi connectivity index (χ3n) is 7.24. The molecule has 45 heavy (non-hydrogen) atoms. The van der Waals surface area contributed by atoms with E-state index in [2.05, 4.69) is 26.0 Å². The van der Waals surface area contributed by atoms with Crippen LogP contribution in [0, 0.1) is 0 Å². The van der Waals surface area contributed by atoms with Crippen molar-refractivity contribution in [1.29, 1.82) is 0 Å². The van der Waals surface area contributed by atoms with Crippen LogP contribution in [0.25, 0.3) is 0 Å². The molecule has 0 aliphatic rings. The zero-order valence-corrected chi connectivity index (χ0v) is 30.2. The maximum Gasteiger partial charge on any atom is 0.306 e. The normalized spacial score (nSPS) is 14.2. The van der Waals surface area contributed by atoms with Crippen molar-refractivity contribution in [1.82, 2.24) is 0 Å². The summed E-state index contributed by atoms with van der Waals surface area (Å²) in [6.45, 7) is 4.09. The molecule has 0 aliphatic carbocycles. The molecular formula is C35H66NO8P. The highest BCUT2D eigenvalue weighted by Crippen LogP contribution is 2.38. The zero-order chi connectivity index (χ0) is 33.7. The van der Waals surface area contributed by atoms with Crippen LogP contribution in [0.2, 0.25) is 0 Å². The Kier molecular flexibility index (Phi) is 27.7. The molecule has 9 nitrogen and oxygen atoms in total. The number of unbranched alkanes of at least 4 members (excludes halogenated alkanes) is 13. The van der Waals surface area contributed by atoms with E-state index in [0.717, 1.165) is 32.1 Å². The smallest absolute Gasteiger partial charge is 0.306 e. The molecule has 0 amide bonds. The fraction of sp³-hybridized carbons (Fsp3) is 0.829. The van der Waals surface area contributed by atoms with Gasteiger partial charge in [0, 0.05) is 12.8 Å². The number of esters is 2. The van der Waals surface area contributed by atoms with Gasteiger partial charge in [-0.2, -0.15) is 0 Å². The van der Waals surface area contributed by atoms with Crippen LogP contribution in [-0.4, -0.2) is 70.0 Å². The lowest BCUT2D eigenvalue weighted by atomic mass is 10.1. The number of carbonyl (C=O) groups excluding carboxylic acids is 2. The van der Waals surface area contributed by atoms with E-state index in [9.17, 15) is 19.0 Å². The van der Waals surface area contributed by atoms with Gasteiger partial charge >= 0.3 is 11.9 Å². The number of nitrogens with zero attached hydrogens (tertiary/aromatic N) is 1. The van der Waals surface area contributed by atoms with Crippen molar-refractivity contribution < 1.29 is 42.1 Å². The van der Waals surface area contributed by atoms with E-state index in [4.69, 9.17) is 18.5 Å². The summed E-state index contributed by atoms with van der Waals surface area (Å²) in [6, 6.07) is 0. The molecule has 0 heterocycles. The lowest BCUT2D eigenvalue weighted by Crippen LogP contribution is -2.37. The van der Waals surface area contributed by atoms with Crippen LogP contribution < -0.4 is 4.89 Å². The number of quaternary nitrogens is 1. The molecule has 2 atom stereocenters. The van der Waals surface area contributed by atoms with Crippen LogP contribution >= 0.6 is 7.82 Å². The third-order valence-corrected chi connectivity index (χ3v) is 8.20. The first-order chi connectivity index (χ1) is 21.5. The third kappa shape index (κ3) is 32.2. The lowest BCUT2D eigenvalue weighted by Gasteiger charge is -2.28. The molecule has 264 valence electrons. The van der Waals surface area contributed by atoms with Crippen LogP contribution in [0.1, 0.15) is 136 Å². The Morgan fingerprint density at radius 1 is 0.689 bits per heavy atom. The number of allylic oxidation sites excluding steroid dienone is 4. The average molecular weight is 660 g/mol. The number of carbonyl (C=O) groups is 2. The molecule has 0 N–H and O–H groups in total. The van der Waals surface area contributed by atoms with Crippen molar-refractivity contribution >= 4 is 19.8 Å². The maximum absolute atomic E-state index is 12.5. The fourth-order valence-electron chi connectivity index (χ4n) is 4.41. The van der Waals surface area contributed by atoms with Crippen molar-refractivity contribution in [3.8, 4) is 0 Å². The summed E-state index contributed by atoms with van der Waals surface area (Å²) in [7, 11) is 1.13. The number of hydrogen-bond acceptors (Lipinski definition) is 8. The molecule has 0 aromatic carbocycles. The van der Waals surface area contributed by atoms with E-state index in [-0.39, 0.29) is 26.1 Å². The number of rotatable bonds is 31. The number of likely N-dealkylation sites (N-methyl/N-ethyl adjacent to an activating group) is 1. The Hall–Kier alpha value is -1.51. The molecule has 0 saturated heterocycles. The number of ether oxygens (including phenoxy) is 2. The van der Waals surface area contributed by atoms with Crippen molar-refractivity contribution in [3.05, 3.63) is 24.3 Å². The topological polar surface area (TPSA) is 111 Å². The Morgan fingerprint density at radius 3 is 1.84 bits per heavy atom. The summed E-state index contributed by atoms with van der Waals surface area (Å²) in [5.41, 5.74) is 0. The van der Waals surface area contributed by atoms with Gasteiger partial charge in [0.1, 0.15) is 19.8 Å². The quantitative estimate of drug-likeness (QED) is 0.0241. The van der Waals surface area contributed by atoms with Crippen LogP contribution in [0.5, 0.6) is 0 Å². The fourth-order valence-corrected chi connectivity index (χ4v) is 5.14. The van der Waals surface area contributed by atoms with Crippen molar-refractivity contribution in [2.75, 3.05) is 47.5 Å². The van der Waals surface area contributed by atoms with Crippen LogP contribution in [0.15, 0.2) is 24.3 Å². The average Bonchev–Trinajstić information content (AvgIpc) is 2.97. The van der Waals surface area contributed by atoms with Crippen LogP contribution in [0.3, 0.4) is 0 Å². The predicted molar refractivity (Wildman–Crippen MR) is 181 cm³/mol. The summed E-state index contributed by atoms with van der Waals surface area (Å²) < 4.78 is 33.5. The molecular weight excluding hydrogens is 593 g/mol. The van der Waals surface area contributed by atoms with Gasteiger partial charge in [-0.15, -0.1) is 0 Å². The molecule has 0 bridgehead atoms. The summed E-state index contributed by atoms with van der Waals surface area (Å²) in [5, 5.41) is 0. The molecule has 10 heteroatoms. The van der Waals surface area contributed by atoms with Gasteiger partial charge in [0.05, 0.1) is 27.7 Å². The summed E-state index contributed by atoms with van der Waals surface area (Å²) in [6.07, 6.45) is 26.6. The van der Waals surface area contributed by atoms with E-state index in [1.807, 2.05) is 33.3 Å². The van der Waals surface area contributed by atoms with E-state index in [0.29, 0.717) is 17.4 Å². The van der Waals surface area contributed by atoms with Gasteiger partial charge in [-0.25, -0.2) is 0 Å². The van der Waals surface area contributed by atoms with E-state index in [1.54, 1.807) is 0 Å². The molecule has 0 radical (unpaired) electrons. The number of phosphoric ester groups is 1. The molecule has 0 aromatic heterocycles. The van der Waals surface area contributed by atoms with Gasteiger partial charge in [-0.1, -0.05) is 115 Å². The minimum absolute atomic E-state index is 0.0388. The van der Waals surface area contributed by atoms with Crippen molar-refractivity contribution in [2.45, 2.75) is 142 Å². The van der Waals surface area contributed by atoms with Gasteiger partial charge in [0.15, 0.2) is 6.10 Å². The van der Waals surface area contributed by atoms with Gasteiger partial charge < -0.3 is 27.9 Å². The Morgan fingerprint density at radius 2 is 1.24 bits per heavy atom. The minimum atomic E-state index is -4.62. The van der Waals surface area contributed by atoms with Crippen molar-refractivity contribution in [2.24, 2.45) is 0 Å². The van der Waals surface area contributed by atoms with E-state index < -0.39 is 32.5 Å². The largest absolute Gasteiger partial charge is 0.756 e. The summed E-state index contributed by atoms with van der Waals surface area (Å²) >= 11 is 0. The molecule has 0 aliphatic heterocycles. The second-order valence-corrected chi connectivity index (χ2v) is 14.3. The Labute approximate surface area is 275 Å². The highest BCUT2D eigenvalue weighted by molar-refractivity contribution is 7.45. The molecule has 0 saturated carbocycles. The molecule has 0 aromatic rings. The lowest BCUT2D eigenvalue weighted by molar-refractivity contribution is -0.870. The predicted octanol–water partition coefficient (Wildman–Crippen LogP) is 8.21. The molecule has 2 unspecified atom stereocenters. The first kappa shape index (κ1) is 43.5. The van der Waals surface area contributed by atoms with E-state index >= 15 is 0 Å². The molecule has 0 fully saturated rings.